The van der Waals surface area contributed by atoms with Crippen molar-refractivity contribution in [3.05, 3.63) is 35.6 Å². The van der Waals surface area contributed by atoms with E-state index in [-0.39, 0.29) is 5.82 Å². The number of hydrogen-bond acceptors (Lipinski definition) is 4. The lowest BCUT2D eigenvalue weighted by molar-refractivity contribution is -0.172. The highest BCUT2D eigenvalue weighted by Crippen LogP contribution is 2.36. The summed E-state index contributed by atoms with van der Waals surface area (Å²) in [5, 5.41) is 0. The average Bonchev–Trinajstić information content (AvgIpc) is 3.00. The molecule has 0 bridgehead atoms. The van der Waals surface area contributed by atoms with Crippen LogP contribution in [0.2, 0.25) is 0 Å². The fourth-order valence-electron chi connectivity index (χ4n) is 3.18. The molecule has 5 heteroatoms. The topological polar surface area (TPSA) is 38.8 Å². The second-order valence-corrected chi connectivity index (χ2v) is 5.94. The van der Waals surface area contributed by atoms with Gasteiger partial charge in [-0.25, -0.2) is 4.39 Å². The van der Waals surface area contributed by atoms with Crippen molar-refractivity contribution in [1.82, 2.24) is 4.90 Å². The molecule has 2 aliphatic rings. The molecule has 4 nitrogen and oxygen atoms in total. The molecular formula is C17H22FNO3. The van der Waals surface area contributed by atoms with Crippen LogP contribution < -0.4 is 0 Å². The van der Waals surface area contributed by atoms with Crippen LogP contribution in [0.3, 0.4) is 0 Å². The first kappa shape index (κ1) is 15.6. The number of ketones is 1. The first-order valence-corrected chi connectivity index (χ1v) is 7.96. The Morgan fingerprint density at radius 1 is 1.09 bits per heavy atom. The zero-order chi connectivity index (χ0) is 15.4. The number of ether oxygens (including phenoxy) is 2. The normalized spacial score (nSPS) is 22.1. The van der Waals surface area contributed by atoms with Gasteiger partial charge in [-0.05, 0) is 25.1 Å². The summed E-state index contributed by atoms with van der Waals surface area (Å²) in [6.07, 6.45) is 2.99. The number of benzene rings is 1. The van der Waals surface area contributed by atoms with Gasteiger partial charge in [0.25, 0.3) is 0 Å². The van der Waals surface area contributed by atoms with Crippen molar-refractivity contribution in [2.75, 3.05) is 32.8 Å². The third kappa shape index (κ3) is 3.54. The van der Waals surface area contributed by atoms with E-state index in [0.29, 0.717) is 31.8 Å². The molecule has 2 aliphatic heterocycles. The summed E-state index contributed by atoms with van der Waals surface area (Å²) < 4.78 is 24.8. The molecule has 120 valence electrons. The molecule has 1 aromatic rings. The molecule has 2 heterocycles. The van der Waals surface area contributed by atoms with E-state index in [1.807, 2.05) is 0 Å². The van der Waals surface area contributed by atoms with Crippen molar-refractivity contribution < 1.29 is 18.7 Å². The third-order valence-corrected chi connectivity index (χ3v) is 4.43. The van der Waals surface area contributed by atoms with Crippen molar-refractivity contribution in [3.8, 4) is 0 Å². The molecule has 0 unspecified atom stereocenters. The fraction of sp³-hybridized carbons (Fsp3) is 0.588. The second-order valence-electron chi connectivity index (χ2n) is 5.94. The Kier molecular flexibility index (Phi) is 4.86. The summed E-state index contributed by atoms with van der Waals surface area (Å²) in [4.78, 5) is 13.6. The van der Waals surface area contributed by atoms with Gasteiger partial charge in [0.2, 0.25) is 0 Å². The number of Topliss-reactive ketones (excluding diaryl/α,β-unsaturated/α-hetero) is 1. The van der Waals surface area contributed by atoms with Crippen LogP contribution in [0.1, 0.15) is 31.2 Å². The van der Waals surface area contributed by atoms with Crippen LogP contribution in [0.5, 0.6) is 0 Å². The molecular weight excluding hydrogens is 285 g/mol. The van der Waals surface area contributed by atoms with Gasteiger partial charge >= 0.3 is 0 Å². The third-order valence-electron chi connectivity index (χ3n) is 4.43. The number of hydrogen-bond donors (Lipinski definition) is 0. The smallest absolute Gasteiger partial charge is 0.195 e. The van der Waals surface area contributed by atoms with Gasteiger partial charge in [-0.3, -0.25) is 4.79 Å². The van der Waals surface area contributed by atoms with Gasteiger partial charge in [0.05, 0.1) is 13.2 Å². The van der Waals surface area contributed by atoms with Gasteiger partial charge in [-0.2, -0.15) is 0 Å². The van der Waals surface area contributed by atoms with Gasteiger partial charge in [-0.1, -0.05) is 12.1 Å². The highest BCUT2D eigenvalue weighted by molar-refractivity contribution is 5.79. The summed E-state index contributed by atoms with van der Waals surface area (Å²) in [6.45, 7) is 3.77. The summed E-state index contributed by atoms with van der Waals surface area (Å²) >= 11 is 0. The number of carbonyl (C=O) groups is 1. The van der Waals surface area contributed by atoms with E-state index in [1.165, 1.54) is 12.1 Å². The minimum Gasteiger partial charge on any atom is -0.343 e. The lowest BCUT2D eigenvalue weighted by Gasteiger charge is -2.30. The first-order chi connectivity index (χ1) is 10.7. The molecule has 0 N–H and O–H groups in total. The summed E-state index contributed by atoms with van der Waals surface area (Å²) in [6, 6.07) is 6.36. The summed E-state index contributed by atoms with van der Waals surface area (Å²) in [7, 11) is 0. The van der Waals surface area contributed by atoms with Crippen molar-refractivity contribution in [3.63, 3.8) is 0 Å². The maximum absolute atomic E-state index is 13.1. The van der Waals surface area contributed by atoms with Crippen molar-refractivity contribution in [1.29, 1.82) is 0 Å². The number of nitrogens with zero attached hydrogens (tertiary/aromatic N) is 1. The lowest BCUT2D eigenvalue weighted by atomic mass is 10.00. The van der Waals surface area contributed by atoms with Crippen LogP contribution in [-0.4, -0.2) is 43.5 Å². The fourth-order valence-corrected chi connectivity index (χ4v) is 3.18. The van der Waals surface area contributed by atoms with Crippen molar-refractivity contribution >= 4 is 5.78 Å². The minimum absolute atomic E-state index is 0.255. The maximum atomic E-state index is 13.1. The predicted molar refractivity (Wildman–Crippen MR) is 79.9 cm³/mol. The van der Waals surface area contributed by atoms with Crippen molar-refractivity contribution in [2.24, 2.45) is 0 Å². The van der Waals surface area contributed by atoms with Gasteiger partial charge in [0.1, 0.15) is 11.6 Å². The zero-order valence-electron chi connectivity index (χ0n) is 12.7. The number of likely N-dealkylation sites (tertiary alicyclic amines) is 1. The monoisotopic (exact) mass is 307 g/mol. The van der Waals surface area contributed by atoms with E-state index in [1.54, 1.807) is 12.1 Å². The summed E-state index contributed by atoms with van der Waals surface area (Å²) in [5.41, 5.74) is 0.875. The molecule has 0 atom stereocenters. The molecule has 0 saturated carbocycles. The highest BCUT2D eigenvalue weighted by atomic mass is 19.1. The Morgan fingerprint density at radius 3 is 2.36 bits per heavy atom. The molecule has 3 rings (SSSR count). The standard InChI is InChI=1S/C17H22FNO3/c18-15-4-2-14(3-5-15)17(21-12-13-22-17)8-1-9-19-10-6-16(20)7-11-19/h2-5H,1,6-13H2. The van der Waals surface area contributed by atoms with Crippen LogP contribution in [0.4, 0.5) is 4.39 Å². The van der Waals surface area contributed by atoms with Gasteiger partial charge in [-0.15, -0.1) is 0 Å². The van der Waals surface area contributed by atoms with Gasteiger partial charge in [0, 0.05) is 37.9 Å². The molecule has 22 heavy (non-hydrogen) atoms. The van der Waals surface area contributed by atoms with Crippen molar-refractivity contribution in [2.45, 2.75) is 31.5 Å². The van der Waals surface area contributed by atoms with Gasteiger partial charge < -0.3 is 14.4 Å². The van der Waals surface area contributed by atoms with E-state index in [4.69, 9.17) is 9.47 Å². The van der Waals surface area contributed by atoms with E-state index < -0.39 is 5.79 Å². The Hall–Kier alpha value is -1.30. The highest BCUT2D eigenvalue weighted by Gasteiger charge is 2.38. The lowest BCUT2D eigenvalue weighted by Crippen LogP contribution is -2.36. The second kappa shape index (κ2) is 6.86. The molecule has 2 saturated heterocycles. The van der Waals surface area contributed by atoms with Crippen LogP contribution >= 0.6 is 0 Å². The SMILES string of the molecule is O=C1CCN(CCCC2(c3ccc(F)cc3)OCCO2)CC1. The van der Waals surface area contributed by atoms with E-state index in [0.717, 1.165) is 38.0 Å². The van der Waals surface area contributed by atoms with Crippen LogP contribution in [0.15, 0.2) is 24.3 Å². The van der Waals surface area contributed by atoms with E-state index in [9.17, 15) is 9.18 Å². The summed E-state index contributed by atoms with van der Waals surface area (Å²) in [5.74, 6) is -0.629. The Bertz CT molecular complexity index is 501. The maximum Gasteiger partial charge on any atom is 0.195 e. The largest absolute Gasteiger partial charge is 0.343 e. The number of rotatable bonds is 5. The van der Waals surface area contributed by atoms with E-state index in [2.05, 4.69) is 4.90 Å². The molecule has 1 aromatic carbocycles. The Morgan fingerprint density at radius 2 is 1.73 bits per heavy atom. The minimum atomic E-state index is -0.737. The average molecular weight is 307 g/mol. The van der Waals surface area contributed by atoms with Crippen LogP contribution in [-0.2, 0) is 20.1 Å². The number of piperidine rings is 1. The van der Waals surface area contributed by atoms with Crippen LogP contribution in [0.25, 0.3) is 0 Å². The molecule has 0 spiro atoms. The molecule has 2 fully saturated rings. The predicted octanol–water partition coefficient (Wildman–Crippen LogP) is 2.47. The number of carbonyl (C=O) groups excluding carboxylic acids is 1. The van der Waals surface area contributed by atoms with Gasteiger partial charge in [0.15, 0.2) is 5.79 Å². The Balaban J connectivity index is 1.58. The molecule has 0 aromatic heterocycles. The quantitative estimate of drug-likeness (QED) is 0.838. The van der Waals surface area contributed by atoms with E-state index >= 15 is 0 Å². The number of halogens is 1. The van der Waals surface area contributed by atoms with Crippen LogP contribution in [0, 0.1) is 5.82 Å². The molecule has 0 aliphatic carbocycles. The Labute approximate surface area is 130 Å². The molecule has 0 amide bonds. The molecule has 0 radical (unpaired) electrons. The first-order valence-electron chi connectivity index (χ1n) is 7.96. The zero-order valence-corrected chi connectivity index (χ0v) is 12.7.